The standard InChI is InChI=1S/C18H12BrN.C10H10N2.C7H5BrO.C2H6O.CH4/c19-15-8-2-6-13(10-15)17-11-14-7-1-4-12-5-3-9-16(20-17)18(12)14;11-8-5-1-3-7-4-2-6-9(12)10(7)8;8-7-3-1-2-6(4-7)5-9;1-2-3;/h1-10H,11H2;1-6H,11-12H2;1-5H;3H,2H2,1H3;1H4. The molecule has 0 aromatic heterocycles. The van der Waals surface area contributed by atoms with Gasteiger partial charge in [-0.05, 0) is 71.3 Å². The fourth-order valence-corrected chi connectivity index (χ4v) is 5.63. The summed E-state index contributed by atoms with van der Waals surface area (Å²) < 4.78 is 2.03. The molecule has 0 aliphatic carbocycles. The number of nitrogens with zero attached hydrogens (tertiary/aromatic N) is 1. The number of aliphatic hydroxyl groups excluding tert-OH is 1. The maximum absolute atomic E-state index is 10.1. The van der Waals surface area contributed by atoms with Crippen LogP contribution in [0.1, 0.15) is 35.8 Å². The van der Waals surface area contributed by atoms with Gasteiger partial charge in [-0.3, -0.25) is 9.79 Å². The molecule has 6 aromatic rings. The summed E-state index contributed by atoms with van der Waals surface area (Å²) in [5.41, 5.74) is 18.5. The number of nitrogens with two attached hydrogens (primary N) is 2. The van der Waals surface area contributed by atoms with E-state index in [2.05, 4.69) is 86.5 Å². The summed E-state index contributed by atoms with van der Waals surface area (Å²) in [5.74, 6) is 0. The Kier molecular flexibility index (Phi) is 13.5. The third kappa shape index (κ3) is 9.35. The molecule has 7 rings (SSSR count). The van der Waals surface area contributed by atoms with Crippen molar-refractivity contribution in [3.63, 3.8) is 0 Å². The third-order valence-corrected chi connectivity index (χ3v) is 7.68. The van der Waals surface area contributed by atoms with Gasteiger partial charge in [0.15, 0.2) is 0 Å². The van der Waals surface area contributed by atoms with Crippen LogP contribution in [0.5, 0.6) is 0 Å². The number of hydrogen-bond acceptors (Lipinski definition) is 5. The second-order valence-electron chi connectivity index (χ2n) is 9.82. The van der Waals surface area contributed by atoms with Crippen molar-refractivity contribution in [2.75, 3.05) is 18.1 Å². The highest BCUT2D eigenvalue weighted by Crippen LogP contribution is 2.34. The molecule has 0 atom stereocenters. The Morgan fingerprint density at radius 2 is 1.24 bits per heavy atom. The van der Waals surface area contributed by atoms with Gasteiger partial charge in [-0.1, -0.05) is 118 Å². The molecule has 6 aromatic carbocycles. The Hall–Kier alpha value is -4.30. The molecule has 0 spiro atoms. The van der Waals surface area contributed by atoms with E-state index in [1.54, 1.807) is 19.1 Å². The molecule has 0 amide bonds. The number of aldehydes is 1. The first-order chi connectivity index (χ1) is 21.3. The van der Waals surface area contributed by atoms with Crippen molar-refractivity contribution in [3.8, 4) is 0 Å². The minimum atomic E-state index is 0. The number of carbonyl (C=O) groups excluding carboxylic acids is 1. The van der Waals surface area contributed by atoms with E-state index in [0.717, 1.165) is 55.2 Å². The number of benzene rings is 6. The van der Waals surface area contributed by atoms with E-state index >= 15 is 0 Å². The Bertz CT molecular complexity index is 1880. The monoisotopic (exact) mass is 725 g/mol. The number of nitrogen functional groups attached to an aromatic ring is 2. The van der Waals surface area contributed by atoms with Crippen LogP contribution in [0.15, 0.2) is 135 Å². The number of aliphatic hydroxyl groups is 1. The van der Waals surface area contributed by atoms with Crippen LogP contribution < -0.4 is 11.5 Å². The van der Waals surface area contributed by atoms with Crippen LogP contribution in [0.3, 0.4) is 0 Å². The van der Waals surface area contributed by atoms with E-state index in [9.17, 15) is 4.79 Å². The fraction of sp³-hybridized carbons (Fsp3) is 0.105. The van der Waals surface area contributed by atoms with Crippen molar-refractivity contribution in [1.29, 1.82) is 0 Å². The van der Waals surface area contributed by atoms with Gasteiger partial charge in [0.05, 0.1) is 11.4 Å². The summed E-state index contributed by atoms with van der Waals surface area (Å²) in [5, 5.41) is 12.2. The molecular weight excluding hydrogens is 690 g/mol. The normalized spacial score (nSPS) is 10.9. The van der Waals surface area contributed by atoms with Gasteiger partial charge >= 0.3 is 0 Å². The minimum Gasteiger partial charge on any atom is -0.398 e. The summed E-state index contributed by atoms with van der Waals surface area (Å²) in [6, 6.07) is 40.0. The van der Waals surface area contributed by atoms with Crippen LogP contribution in [0.4, 0.5) is 17.1 Å². The average Bonchev–Trinajstić information content (AvgIpc) is 3.02. The highest BCUT2D eigenvalue weighted by atomic mass is 79.9. The first kappa shape index (κ1) is 35.2. The van der Waals surface area contributed by atoms with Gasteiger partial charge in [0.25, 0.3) is 0 Å². The zero-order chi connectivity index (χ0) is 31.5. The van der Waals surface area contributed by atoms with E-state index in [1.165, 1.54) is 21.9 Å². The molecule has 1 heterocycles. The number of anilines is 2. The predicted molar refractivity (Wildman–Crippen MR) is 200 cm³/mol. The lowest BCUT2D eigenvalue weighted by Gasteiger charge is -2.17. The Labute approximate surface area is 281 Å². The lowest BCUT2D eigenvalue weighted by Crippen LogP contribution is -2.09. The van der Waals surface area contributed by atoms with Crippen LogP contribution in [-0.4, -0.2) is 23.7 Å². The summed E-state index contributed by atoms with van der Waals surface area (Å²) in [6.45, 7) is 1.93. The topological polar surface area (TPSA) is 102 Å². The first-order valence-electron chi connectivity index (χ1n) is 14.0. The van der Waals surface area contributed by atoms with Crippen molar-refractivity contribution in [1.82, 2.24) is 0 Å². The van der Waals surface area contributed by atoms with Gasteiger partial charge < -0.3 is 16.6 Å². The van der Waals surface area contributed by atoms with E-state index in [0.29, 0.717) is 5.56 Å². The SMILES string of the molecule is Brc1cccc(C2=Nc3cccc4cccc(c34)C2)c1.C.CCO.Nc1cccc2cccc(N)c12.O=Cc1cccc(Br)c1. The first-order valence-corrected chi connectivity index (χ1v) is 15.6. The quantitative estimate of drug-likeness (QED) is 0.122. The number of rotatable bonds is 2. The Morgan fingerprint density at radius 3 is 1.78 bits per heavy atom. The van der Waals surface area contributed by atoms with Gasteiger partial charge in [-0.2, -0.15) is 0 Å². The molecular formula is C38H37Br2N3O2. The van der Waals surface area contributed by atoms with Gasteiger partial charge in [0.2, 0.25) is 0 Å². The second-order valence-corrected chi connectivity index (χ2v) is 11.7. The Morgan fingerprint density at radius 1 is 0.733 bits per heavy atom. The highest BCUT2D eigenvalue weighted by Gasteiger charge is 2.16. The van der Waals surface area contributed by atoms with Gasteiger partial charge in [-0.25, -0.2) is 0 Å². The molecule has 45 heavy (non-hydrogen) atoms. The summed E-state index contributed by atoms with van der Waals surface area (Å²) >= 11 is 6.78. The van der Waals surface area contributed by atoms with Crippen molar-refractivity contribution < 1.29 is 9.90 Å². The molecule has 0 saturated carbocycles. The molecule has 0 fully saturated rings. The van der Waals surface area contributed by atoms with Crippen LogP contribution in [-0.2, 0) is 6.42 Å². The molecule has 0 radical (unpaired) electrons. The van der Waals surface area contributed by atoms with Crippen molar-refractivity contribution in [2.45, 2.75) is 20.8 Å². The Balaban J connectivity index is 0.000000189. The molecule has 0 saturated heterocycles. The van der Waals surface area contributed by atoms with Crippen LogP contribution in [0.25, 0.3) is 21.5 Å². The molecule has 5 N–H and O–H groups in total. The van der Waals surface area contributed by atoms with Gasteiger partial charge in [-0.15, -0.1) is 0 Å². The molecule has 1 aliphatic rings. The van der Waals surface area contributed by atoms with Crippen LogP contribution in [0, 0.1) is 0 Å². The van der Waals surface area contributed by atoms with Crippen LogP contribution >= 0.6 is 31.9 Å². The fourth-order valence-electron chi connectivity index (χ4n) is 4.82. The molecule has 5 nitrogen and oxygen atoms in total. The summed E-state index contributed by atoms with van der Waals surface area (Å²) in [4.78, 5) is 15.0. The van der Waals surface area contributed by atoms with E-state index in [-0.39, 0.29) is 14.0 Å². The van der Waals surface area contributed by atoms with E-state index in [4.69, 9.17) is 21.6 Å². The summed E-state index contributed by atoms with van der Waals surface area (Å²) in [6.07, 6.45) is 1.72. The maximum atomic E-state index is 10.1. The number of hydrogen-bond donors (Lipinski definition) is 3. The lowest BCUT2D eigenvalue weighted by atomic mass is 9.93. The third-order valence-electron chi connectivity index (χ3n) is 6.69. The zero-order valence-corrected chi connectivity index (χ0v) is 27.4. The highest BCUT2D eigenvalue weighted by molar-refractivity contribution is 9.10. The molecule has 230 valence electrons. The number of aliphatic imine (C=N–C) groups is 1. The smallest absolute Gasteiger partial charge is 0.150 e. The predicted octanol–water partition coefficient (Wildman–Crippen LogP) is 10.2. The zero-order valence-electron chi connectivity index (χ0n) is 24.3. The van der Waals surface area contributed by atoms with Gasteiger partial charge in [0.1, 0.15) is 6.29 Å². The van der Waals surface area contributed by atoms with Gasteiger partial charge in [0, 0.05) is 49.7 Å². The summed E-state index contributed by atoms with van der Waals surface area (Å²) in [7, 11) is 0. The largest absolute Gasteiger partial charge is 0.398 e. The van der Waals surface area contributed by atoms with Crippen molar-refractivity contribution in [2.24, 2.45) is 4.99 Å². The van der Waals surface area contributed by atoms with E-state index < -0.39 is 0 Å². The number of carbonyl (C=O) groups is 1. The molecule has 1 aliphatic heterocycles. The minimum absolute atomic E-state index is 0. The molecule has 0 unspecified atom stereocenters. The van der Waals surface area contributed by atoms with E-state index in [1.807, 2.05) is 54.6 Å². The number of halogens is 2. The molecule has 7 heteroatoms. The van der Waals surface area contributed by atoms with Crippen LogP contribution in [0.2, 0.25) is 0 Å². The maximum Gasteiger partial charge on any atom is 0.150 e. The van der Waals surface area contributed by atoms with Crippen molar-refractivity contribution >= 4 is 82.5 Å². The second kappa shape index (κ2) is 17.3. The molecule has 0 bridgehead atoms. The number of fused-ring (bicyclic) bond motifs is 1. The van der Waals surface area contributed by atoms with Crippen molar-refractivity contribution in [3.05, 3.63) is 147 Å². The average molecular weight is 728 g/mol. The lowest BCUT2D eigenvalue weighted by molar-refractivity contribution is 0.112.